The molecule has 4 rings (SSSR count). The number of rotatable bonds is 19. The van der Waals surface area contributed by atoms with E-state index in [0.29, 0.717) is 13.2 Å². The molecule has 0 saturated heterocycles. The minimum Gasteiger partial charge on any atom is -0.417 e. The lowest BCUT2D eigenvalue weighted by molar-refractivity contribution is -0.0579. The van der Waals surface area contributed by atoms with Crippen LogP contribution in [0.4, 0.5) is 0 Å². The maximum atomic E-state index is 6.88. The van der Waals surface area contributed by atoms with Crippen molar-refractivity contribution >= 4 is 17.2 Å². The maximum absolute atomic E-state index is 6.88. The molecule has 10 heteroatoms. The normalized spacial score (nSPS) is 14.8. The van der Waals surface area contributed by atoms with Crippen molar-refractivity contribution in [3.63, 3.8) is 0 Å². The Bertz CT molecular complexity index is 2320. The third-order valence-corrected chi connectivity index (χ3v) is 15.5. The molecule has 75 heavy (non-hydrogen) atoms. The predicted octanol–water partition coefficient (Wildman–Crippen LogP) is 19.4. The van der Waals surface area contributed by atoms with Crippen LogP contribution < -0.4 is 18.1 Å². The Morgan fingerprint density at radius 2 is 0.547 bits per heavy atom. The van der Waals surface area contributed by atoms with Gasteiger partial charge in [0, 0.05) is 22.3 Å². The molecule has 0 aliphatic heterocycles. The third kappa shape index (κ3) is 19.3. The van der Waals surface area contributed by atoms with E-state index in [9.17, 15) is 0 Å². The summed E-state index contributed by atoms with van der Waals surface area (Å²) < 4.78 is 53.6. The highest BCUT2D eigenvalue weighted by molar-refractivity contribution is 7.42. The van der Waals surface area contributed by atoms with Crippen LogP contribution in [0.5, 0.6) is 23.0 Å². The summed E-state index contributed by atoms with van der Waals surface area (Å²) in [6.45, 7) is 60.3. The number of hydrogen-bond donors (Lipinski definition) is 0. The fraction of sp³-hybridized carbons (Fsp3) is 0.631. The van der Waals surface area contributed by atoms with Crippen LogP contribution in [0.3, 0.4) is 0 Å². The van der Waals surface area contributed by atoms with Crippen LogP contribution in [0, 0.1) is 0 Å². The van der Waals surface area contributed by atoms with E-state index < -0.39 is 17.2 Å². The first kappa shape index (κ1) is 64.3. The van der Waals surface area contributed by atoms with Crippen LogP contribution in [0.1, 0.15) is 231 Å². The monoisotopic (exact) mass is 1070 g/mol. The molecular weight excluding hydrogens is 971 g/mol. The van der Waals surface area contributed by atoms with E-state index in [0.717, 1.165) is 45.3 Å². The average molecular weight is 1070 g/mol. The van der Waals surface area contributed by atoms with Gasteiger partial charge in [0.05, 0.1) is 38.1 Å². The zero-order valence-corrected chi connectivity index (χ0v) is 53.7. The van der Waals surface area contributed by atoms with E-state index >= 15 is 0 Å². The SMILES string of the molecule is CC(COC(C)COP(Oc1ccc(C(C)(C)C)cc1C(C)(C)C)Oc1ccc(C(C)(C)C)cc1C(C)(C)C)OCC(C)OP(Oc1ccc(C(C)(C)C)cc1C(C)(C)C)Oc1ccc(C(C)(C)C)cc1C(C)(C)C. The standard InChI is InChI=1S/C65H102O8P2/c1-43(67-41-45(3)69-75(72-56-34-30-48(60(10,11)12)38-52(56)64(22,23)24)73-57-35-31-49(61(13,14)15)39-53(57)65(25,26)27)40-66-44(2)42-68-74(70-54-32-28-46(58(4,5)6)36-50(54)62(16,17)18)71-55-33-29-47(59(7,8)9)37-51(55)63(19,20)21/h28-39,43-45H,40-42H2,1-27H3. The Morgan fingerprint density at radius 3 is 0.800 bits per heavy atom. The van der Waals surface area contributed by atoms with Gasteiger partial charge in [-0.25, -0.2) is 0 Å². The van der Waals surface area contributed by atoms with Crippen molar-refractivity contribution in [2.45, 2.75) is 249 Å². The number of ether oxygens (including phenoxy) is 2. The van der Waals surface area contributed by atoms with E-state index in [4.69, 9.17) is 36.6 Å². The molecule has 4 aromatic carbocycles. The average Bonchev–Trinajstić information content (AvgIpc) is 3.24. The van der Waals surface area contributed by atoms with Crippen LogP contribution >= 0.6 is 17.2 Å². The van der Waals surface area contributed by atoms with Crippen molar-refractivity contribution in [2.24, 2.45) is 0 Å². The first-order valence-electron chi connectivity index (χ1n) is 27.4. The first-order chi connectivity index (χ1) is 33.9. The molecule has 0 radical (unpaired) electrons. The van der Waals surface area contributed by atoms with Gasteiger partial charge in [0.15, 0.2) is 0 Å². The van der Waals surface area contributed by atoms with E-state index in [2.05, 4.69) is 239 Å². The van der Waals surface area contributed by atoms with Crippen LogP contribution in [0.2, 0.25) is 0 Å². The highest BCUT2D eigenvalue weighted by atomic mass is 31.2. The van der Waals surface area contributed by atoms with Crippen molar-refractivity contribution < 1.29 is 36.6 Å². The van der Waals surface area contributed by atoms with Gasteiger partial charge in [-0.15, -0.1) is 0 Å². The molecule has 0 saturated carbocycles. The largest absolute Gasteiger partial charge is 0.463 e. The van der Waals surface area contributed by atoms with Crippen molar-refractivity contribution in [3.05, 3.63) is 117 Å². The molecule has 0 bridgehead atoms. The van der Waals surface area contributed by atoms with Gasteiger partial charge < -0.3 is 27.6 Å². The van der Waals surface area contributed by atoms with Gasteiger partial charge in [0.25, 0.3) is 0 Å². The molecule has 3 atom stereocenters. The molecule has 8 nitrogen and oxygen atoms in total. The van der Waals surface area contributed by atoms with E-state index in [1.54, 1.807) is 0 Å². The molecule has 0 amide bonds. The Morgan fingerprint density at radius 1 is 0.307 bits per heavy atom. The minimum atomic E-state index is -1.93. The van der Waals surface area contributed by atoms with Gasteiger partial charge in [-0.3, -0.25) is 9.05 Å². The molecule has 0 aliphatic rings. The summed E-state index contributed by atoms with van der Waals surface area (Å²) in [5.74, 6) is 2.99. The van der Waals surface area contributed by atoms with Crippen molar-refractivity contribution in [3.8, 4) is 23.0 Å². The smallest absolute Gasteiger partial charge is 0.417 e. The molecule has 0 heterocycles. The van der Waals surface area contributed by atoms with Gasteiger partial charge >= 0.3 is 17.2 Å². The van der Waals surface area contributed by atoms with E-state index in [1.807, 2.05) is 20.8 Å². The van der Waals surface area contributed by atoms with Crippen molar-refractivity contribution in [1.82, 2.24) is 0 Å². The molecule has 0 fully saturated rings. The predicted molar refractivity (Wildman–Crippen MR) is 319 cm³/mol. The molecular formula is C65H102O8P2. The maximum Gasteiger partial charge on any atom is 0.463 e. The number of benzene rings is 4. The topological polar surface area (TPSA) is 73.8 Å². The molecule has 0 N–H and O–H groups in total. The Kier molecular flexibility index (Phi) is 20.9. The van der Waals surface area contributed by atoms with E-state index in [1.165, 1.54) is 22.3 Å². The third-order valence-electron chi connectivity index (χ3n) is 13.2. The van der Waals surface area contributed by atoms with Gasteiger partial charge in [-0.1, -0.05) is 215 Å². The van der Waals surface area contributed by atoms with Gasteiger partial charge in [-0.2, -0.15) is 0 Å². The fourth-order valence-corrected chi connectivity index (χ4v) is 10.4. The quantitative estimate of drug-likeness (QED) is 0.0860. The van der Waals surface area contributed by atoms with Gasteiger partial charge in [-0.05, 0) is 111 Å². The van der Waals surface area contributed by atoms with Gasteiger partial charge in [0.1, 0.15) is 23.0 Å². The lowest BCUT2D eigenvalue weighted by Crippen LogP contribution is -2.26. The van der Waals surface area contributed by atoms with Crippen LogP contribution in [-0.4, -0.2) is 38.1 Å². The van der Waals surface area contributed by atoms with Crippen molar-refractivity contribution in [2.75, 3.05) is 19.8 Å². The molecule has 0 aliphatic carbocycles. The molecule has 4 aromatic rings. The first-order valence-corrected chi connectivity index (χ1v) is 29.6. The number of hydrogen-bond acceptors (Lipinski definition) is 8. The summed E-state index contributed by atoms with van der Waals surface area (Å²) in [5.41, 5.74) is 8.49. The second-order valence-electron chi connectivity index (χ2n) is 29.2. The van der Waals surface area contributed by atoms with Crippen LogP contribution in [0.25, 0.3) is 0 Å². The lowest BCUT2D eigenvalue weighted by Gasteiger charge is -2.31. The summed E-state index contributed by atoms with van der Waals surface area (Å²) in [5, 5.41) is 0. The van der Waals surface area contributed by atoms with Crippen LogP contribution in [-0.2, 0) is 61.8 Å². The molecule has 0 aromatic heterocycles. The van der Waals surface area contributed by atoms with E-state index in [-0.39, 0.29) is 68.2 Å². The summed E-state index contributed by atoms with van der Waals surface area (Å²) >= 11 is 0. The second-order valence-corrected chi connectivity index (χ2v) is 31.2. The Hall–Kier alpha value is -3.22. The Labute approximate surface area is 460 Å². The summed E-state index contributed by atoms with van der Waals surface area (Å²) in [7, 11) is -3.85. The Balaban J connectivity index is 1.54. The summed E-state index contributed by atoms with van der Waals surface area (Å²) in [4.78, 5) is 0. The summed E-state index contributed by atoms with van der Waals surface area (Å²) in [6.07, 6.45) is -0.917. The summed E-state index contributed by atoms with van der Waals surface area (Å²) in [6, 6.07) is 26.0. The highest BCUT2D eigenvalue weighted by Gasteiger charge is 2.33. The second kappa shape index (κ2) is 24.4. The van der Waals surface area contributed by atoms with Gasteiger partial charge in [0.2, 0.25) is 0 Å². The molecule has 420 valence electrons. The highest BCUT2D eigenvalue weighted by Crippen LogP contribution is 2.51. The lowest BCUT2D eigenvalue weighted by atomic mass is 9.80. The molecule has 0 spiro atoms. The fourth-order valence-electron chi connectivity index (χ4n) is 8.14. The van der Waals surface area contributed by atoms with Crippen molar-refractivity contribution in [1.29, 1.82) is 0 Å². The zero-order valence-electron chi connectivity index (χ0n) is 51.9. The zero-order chi connectivity index (χ0) is 57.1. The minimum absolute atomic E-state index is 0.0247. The van der Waals surface area contributed by atoms with Crippen LogP contribution in [0.15, 0.2) is 72.8 Å². The molecule has 3 unspecified atom stereocenters.